The van der Waals surface area contributed by atoms with E-state index in [2.05, 4.69) is 15.9 Å². The molecule has 0 rings (SSSR count). The zero-order valence-corrected chi connectivity index (χ0v) is 9.88. The molecule has 0 aromatic rings. The van der Waals surface area contributed by atoms with E-state index in [0.717, 1.165) is 0 Å². The fourth-order valence-electron chi connectivity index (χ4n) is 0.625. The van der Waals surface area contributed by atoms with Crippen molar-refractivity contribution in [3.8, 4) is 0 Å². The van der Waals surface area contributed by atoms with Crippen molar-refractivity contribution in [3.63, 3.8) is 0 Å². The van der Waals surface area contributed by atoms with E-state index in [1.807, 2.05) is 0 Å². The van der Waals surface area contributed by atoms with Crippen LogP contribution in [0.5, 0.6) is 0 Å². The molecule has 0 aliphatic rings. The normalized spacial score (nSPS) is 9.88. The first-order valence-corrected chi connectivity index (χ1v) is 6.49. The molecule has 0 aliphatic heterocycles. The van der Waals surface area contributed by atoms with Crippen molar-refractivity contribution >= 4 is 15.9 Å². The van der Waals surface area contributed by atoms with Gasteiger partial charge in [0.15, 0.2) is 0 Å². The maximum atomic E-state index is 3.41. The number of unbranched alkanes of at least 4 members (excludes halogenated alkanes) is 3. The maximum absolute atomic E-state index is 3.41. The van der Waals surface area contributed by atoms with Gasteiger partial charge in [-0.25, -0.2) is 0 Å². The van der Waals surface area contributed by atoms with Gasteiger partial charge in [0.1, 0.15) is 0 Å². The molecule has 0 aliphatic carbocycles. The number of halogens is 1. The number of hydrogen-bond donors (Lipinski definition) is 0. The van der Waals surface area contributed by atoms with E-state index in [4.69, 9.17) is 0 Å². The number of hydrogen-bond acceptors (Lipinski definition) is 0. The first kappa shape index (κ1) is 9.10. The Hall–Kier alpha value is 1.10. The third-order valence-corrected chi connectivity index (χ3v) is 2.74. The summed E-state index contributed by atoms with van der Waals surface area (Å²) in [6.45, 7) is 0. The Balaban J connectivity index is 2.53. The Morgan fingerprint density at radius 3 is 2.12 bits per heavy atom. The van der Waals surface area contributed by atoms with E-state index in [1.165, 1.54) is 54.3 Å². The van der Waals surface area contributed by atoms with Gasteiger partial charge in [-0.1, -0.05) is 0 Å². The molecule has 0 heterocycles. The van der Waals surface area contributed by atoms with Crippen LogP contribution in [0.4, 0.5) is 0 Å². The average molecular weight is 229 g/mol. The second-order valence-corrected chi connectivity index (χ2v) is 4.23. The molecule has 0 saturated carbocycles. The summed E-state index contributed by atoms with van der Waals surface area (Å²) in [4.78, 5) is 0. The monoisotopic (exact) mass is 227 g/mol. The van der Waals surface area contributed by atoms with Crippen molar-refractivity contribution in [2.45, 2.75) is 30.7 Å². The van der Waals surface area contributed by atoms with Crippen LogP contribution in [0.1, 0.15) is 25.7 Å². The Kier molecular flexibility index (Phi) is 9.22. The number of alkyl halides is 1. The van der Waals surface area contributed by atoms with E-state index < -0.39 is 0 Å². The van der Waals surface area contributed by atoms with Gasteiger partial charge < -0.3 is 0 Å². The van der Waals surface area contributed by atoms with Crippen LogP contribution in [0.2, 0.25) is 5.02 Å². The van der Waals surface area contributed by atoms with Crippen LogP contribution in [0.15, 0.2) is 0 Å². The topological polar surface area (TPSA) is 0 Å². The van der Waals surface area contributed by atoms with Gasteiger partial charge >= 0.3 is 70.3 Å². The molecule has 0 atom stereocenters. The molecule has 0 aromatic heterocycles. The standard InChI is InChI=1S/C6H12Br.Zn/c1-2-3-4-5-6-7;/h1-6H2;. The zero-order valence-electron chi connectivity index (χ0n) is 5.33. The van der Waals surface area contributed by atoms with Crippen molar-refractivity contribution < 1.29 is 18.3 Å². The fraction of sp³-hybridized carbons (Fsp3) is 1.00. The van der Waals surface area contributed by atoms with E-state index in [1.54, 1.807) is 0 Å². The third kappa shape index (κ3) is 7.10. The van der Waals surface area contributed by atoms with Gasteiger partial charge in [0, 0.05) is 0 Å². The average Bonchev–Trinajstić information content (AvgIpc) is 1.81. The summed E-state index contributed by atoms with van der Waals surface area (Å²) in [5, 5.41) is 2.66. The molecular formula is C6H12BrZn. The van der Waals surface area contributed by atoms with Gasteiger partial charge in [0.2, 0.25) is 0 Å². The molecule has 0 bridgehead atoms. The zero-order chi connectivity index (χ0) is 6.24. The molecule has 8 heavy (non-hydrogen) atoms. The minimum absolute atomic E-state index is 1.19. The van der Waals surface area contributed by atoms with Crippen LogP contribution in [-0.2, 0) is 18.3 Å². The molecule has 0 saturated heterocycles. The summed E-state index contributed by atoms with van der Waals surface area (Å²) < 4.78 is 0. The van der Waals surface area contributed by atoms with Gasteiger partial charge in [-0.3, -0.25) is 0 Å². The van der Waals surface area contributed by atoms with Crippen LogP contribution in [0.25, 0.3) is 0 Å². The predicted molar refractivity (Wildman–Crippen MR) is 37.1 cm³/mol. The summed E-state index contributed by atoms with van der Waals surface area (Å²) in [5.74, 6) is 0. The van der Waals surface area contributed by atoms with Crippen LogP contribution < -0.4 is 0 Å². The predicted octanol–water partition coefficient (Wildman–Crippen LogP) is 2.91. The molecule has 0 nitrogen and oxygen atoms in total. The Bertz CT molecular complexity index is 33.5. The minimum atomic E-state index is 1.19. The van der Waals surface area contributed by atoms with Crippen molar-refractivity contribution in [1.29, 1.82) is 0 Å². The quantitative estimate of drug-likeness (QED) is 0.386. The molecule has 0 aromatic carbocycles. The van der Waals surface area contributed by atoms with Crippen molar-refractivity contribution in [3.05, 3.63) is 0 Å². The van der Waals surface area contributed by atoms with E-state index in [-0.39, 0.29) is 0 Å². The molecular weight excluding hydrogens is 217 g/mol. The first-order chi connectivity index (χ1) is 3.91. The van der Waals surface area contributed by atoms with Crippen LogP contribution in [-0.4, -0.2) is 5.33 Å². The second kappa shape index (κ2) is 8.10. The molecule has 0 amide bonds. The van der Waals surface area contributed by atoms with Crippen LogP contribution in [0, 0.1) is 0 Å². The van der Waals surface area contributed by atoms with E-state index >= 15 is 0 Å². The Morgan fingerprint density at radius 1 is 1.00 bits per heavy atom. The number of rotatable bonds is 5. The van der Waals surface area contributed by atoms with Gasteiger partial charge in [0.05, 0.1) is 0 Å². The molecule has 0 unspecified atom stereocenters. The summed E-state index contributed by atoms with van der Waals surface area (Å²) in [6.07, 6.45) is 5.70. The van der Waals surface area contributed by atoms with E-state index in [0.29, 0.717) is 0 Å². The summed E-state index contributed by atoms with van der Waals surface area (Å²) in [7, 11) is 0. The molecule has 0 N–H and O–H groups in total. The molecule has 0 fully saturated rings. The van der Waals surface area contributed by atoms with E-state index in [9.17, 15) is 0 Å². The summed E-state index contributed by atoms with van der Waals surface area (Å²) >= 11 is 4.89. The summed E-state index contributed by atoms with van der Waals surface area (Å²) in [5.41, 5.74) is 0. The second-order valence-electron chi connectivity index (χ2n) is 1.96. The molecule has 2 heteroatoms. The van der Waals surface area contributed by atoms with Gasteiger partial charge in [-0.15, -0.1) is 0 Å². The van der Waals surface area contributed by atoms with Crippen molar-refractivity contribution in [1.82, 2.24) is 0 Å². The Morgan fingerprint density at radius 2 is 1.62 bits per heavy atom. The van der Waals surface area contributed by atoms with Crippen molar-refractivity contribution in [2.75, 3.05) is 5.33 Å². The van der Waals surface area contributed by atoms with Crippen molar-refractivity contribution in [2.24, 2.45) is 0 Å². The van der Waals surface area contributed by atoms with Gasteiger partial charge in [-0.2, -0.15) is 0 Å². The Labute approximate surface area is 70.2 Å². The van der Waals surface area contributed by atoms with Gasteiger partial charge in [0.25, 0.3) is 0 Å². The SMILES string of the molecule is [Zn][CH2]CCCCCBr. The fourth-order valence-corrected chi connectivity index (χ4v) is 1.76. The van der Waals surface area contributed by atoms with Crippen LogP contribution in [0.3, 0.4) is 0 Å². The molecule has 45 valence electrons. The summed E-state index contributed by atoms with van der Waals surface area (Å²) in [6, 6.07) is 0. The third-order valence-electron chi connectivity index (χ3n) is 1.13. The molecule has 0 radical (unpaired) electrons. The van der Waals surface area contributed by atoms with Gasteiger partial charge in [-0.05, 0) is 0 Å². The van der Waals surface area contributed by atoms with Crippen LogP contribution >= 0.6 is 15.9 Å². The first-order valence-electron chi connectivity index (χ1n) is 3.27. The molecule has 0 spiro atoms.